The van der Waals surface area contributed by atoms with Gasteiger partial charge in [0.1, 0.15) is 11.3 Å². The molecule has 3 rings (SSSR count). The van der Waals surface area contributed by atoms with Crippen LogP contribution >= 0.6 is 0 Å². The molecule has 24 heavy (non-hydrogen) atoms. The molecule has 0 aliphatic rings. The van der Waals surface area contributed by atoms with E-state index in [1.54, 1.807) is 28.9 Å². The third-order valence-corrected chi connectivity index (χ3v) is 3.79. The van der Waals surface area contributed by atoms with E-state index < -0.39 is 6.09 Å². The van der Waals surface area contributed by atoms with Crippen molar-refractivity contribution in [3.8, 4) is 5.75 Å². The van der Waals surface area contributed by atoms with E-state index in [2.05, 4.69) is 36.4 Å². The molecule has 1 aromatic heterocycles. The Balaban J connectivity index is 1.68. The number of aryl methyl sites for hydroxylation is 1. The highest BCUT2D eigenvalue weighted by Gasteiger charge is 2.14. The van der Waals surface area contributed by atoms with E-state index in [-0.39, 0.29) is 5.41 Å². The molecule has 0 radical (unpaired) electrons. The lowest BCUT2D eigenvalue weighted by Crippen LogP contribution is -2.17. The van der Waals surface area contributed by atoms with E-state index in [0.717, 1.165) is 5.52 Å². The van der Waals surface area contributed by atoms with Gasteiger partial charge in [0, 0.05) is 12.7 Å². The van der Waals surface area contributed by atoms with Gasteiger partial charge in [-0.1, -0.05) is 38.1 Å². The third kappa shape index (κ3) is 3.37. The molecule has 0 saturated heterocycles. The molecule has 1 amide bonds. The van der Waals surface area contributed by atoms with E-state index in [0.29, 0.717) is 17.0 Å². The number of fused-ring (bicyclic) bond motifs is 1. The normalized spacial score (nSPS) is 11.5. The van der Waals surface area contributed by atoms with E-state index in [1.165, 1.54) is 5.56 Å². The molecule has 0 atom stereocenters. The van der Waals surface area contributed by atoms with Crippen LogP contribution in [0.2, 0.25) is 0 Å². The Hall–Kier alpha value is -2.89. The monoisotopic (exact) mass is 324 g/mol. The molecule has 0 aliphatic heterocycles. The number of hydrogen-bond acceptors (Lipinski definition) is 4. The minimum atomic E-state index is -0.540. The molecule has 1 heterocycles. The molecule has 0 fully saturated rings. The van der Waals surface area contributed by atoms with E-state index in [4.69, 9.17) is 4.74 Å². The predicted octanol–water partition coefficient (Wildman–Crippen LogP) is 3.88. The number of nitrogens with one attached hydrogen (secondary N) is 1. The van der Waals surface area contributed by atoms with Gasteiger partial charge in [-0.05, 0) is 41.3 Å². The van der Waals surface area contributed by atoms with Crippen molar-refractivity contribution in [2.75, 3.05) is 5.32 Å². The molecule has 0 saturated carbocycles. The van der Waals surface area contributed by atoms with Gasteiger partial charge in [0.15, 0.2) is 0 Å². The smallest absolute Gasteiger partial charge is 0.410 e. The van der Waals surface area contributed by atoms with Crippen LogP contribution in [0.1, 0.15) is 26.3 Å². The van der Waals surface area contributed by atoms with E-state index in [1.807, 2.05) is 25.2 Å². The highest BCUT2D eigenvalue weighted by molar-refractivity contribution is 5.89. The first-order valence-electron chi connectivity index (χ1n) is 7.72. The zero-order chi connectivity index (χ0) is 17.3. The first-order chi connectivity index (χ1) is 11.3. The highest BCUT2D eigenvalue weighted by Crippen LogP contribution is 2.24. The Morgan fingerprint density at radius 1 is 1.12 bits per heavy atom. The standard InChI is InChI=1S/C18H20N4O2/c1-18(2,3)12-5-8-14(9-6-12)24-17(23)19-13-7-10-16-15(11-13)20-21-22(16)4/h5-11H,1-4H3,(H,19,23). The molecule has 0 aliphatic carbocycles. The van der Waals surface area contributed by atoms with Crippen molar-refractivity contribution in [3.05, 3.63) is 48.0 Å². The van der Waals surface area contributed by atoms with Crippen molar-refractivity contribution in [1.29, 1.82) is 0 Å². The second-order valence-corrected chi connectivity index (χ2v) is 6.71. The van der Waals surface area contributed by atoms with Gasteiger partial charge >= 0.3 is 6.09 Å². The van der Waals surface area contributed by atoms with Crippen LogP contribution in [0.25, 0.3) is 11.0 Å². The van der Waals surface area contributed by atoms with Gasteiger partial charge in [-0.15, -0.1) is 5.10 Å². The van der Waals surface area contributed by atoms with Crippen molar-refractivity contribution < 1.29 is 9.53 Å². The minimum absolute atomic E-state index is 0.0624. The summed E-state index contributed by atoms with van der Waals surface area (Å²) in [5.41, 5.74) is 3.46. The van der Waals surface area contributed by atoms with E-state index in [9.17, 15) is 4.79 Å². The van der Waals surface area contributed by atoms with Crippen LogP contribution in [-0.2, 0) is 12.5 Å². The first-order valence-corrected chi connectivity index (χ1v) is 7.72. The third-order valence-electron chi connectivity index (χ3n) is 3.79. The Bertz CT molecular complexity index is 876. The summed E-state index contributed by atoms with van der Waals surface area (Å²) in [6, 6.07) is 12.9. The molecule has 0 spiro atoms. The topological polar surface area (TPSA) is 69.0 Å². The van der Waals surface area contributed by atoms with Crippen molar-refractivity contribution in [2.24, 2.45) is 7.05 Å². The quantitative estimate of drug-likeness (QED) is 0.777. The summed E-state index contributed by atoms with van der Waals surface area (Å²) in [5, 5.41) is 10.7. The second-order valence-electron chi connectivity index (χ2n) is 6.71. The maximum Gasteiger partial charge on any atom is 0.417 e. The maximum atomic E-state index is 12.0. The molecule has 0 bridgehead atoms. The first kappa shape index (κ1) is 16.0. The number of anilines is 1. The average Bonchev–Trinajstić information content (AvgIpc) is 2.87. The lowest BCUT2D eigenvalue weighted by Gasteiger charge is -2.19. The van der Waals surface area contributed by atoms with Crippen molar-refractivity contribution in [2.45, 2.75) is 26.2 Å². The van der Waals surface area contributed by atoms with Gasteiger partial charge in [0.05, 0.1) is 5.52 Å². The van der Waals surface area contributed by atoms with Gasteiger partial charge in [0.25, 0.3) is 0 Å². The van der Waals surface area contributed by atoms with E-state index >= 15 is 0 Å². The molecule has 2 aromatic carbocycles. The maximum absolute atomic E-state index is 12.0. The number of ether oxygens (including phenoxy) is 1. The fourth-order valence-electron chi connectivity index (χ4n) is 2.39. The summed E-state index contributed by atoms with van der Waals surface area (Å²) >= 11 is 0. The van der Waals surface area contributed by atoms with Crippen molar-refractivity contribution in [3.63, 3.8) is 0 Å². The fraction of sp³-hybridized carbons (Fsp3) is 0.278. The van der Waals surface area contributed by atoms with Gasteiger partial charge in [-0.25, -0.2) is 9.48 Å². The minimum Gasteiger partial charge on any atom is -0.410 e. The number of rotatable bonds is 2. The number of carbonyl (C=O) groups excluding carboxylic acids is 1. The Morgan fingerprint density at radius 2 is 1.83 bits per heavy atom. The number of amides is 1. The molecular formula is C18H20N4O2. The largest absolute Gasteiger partial charge is 0.417 e. The molecule has 3 aromatic rings. The van der Waals surface area contributed by atoms with Crippen LogP contribution in [0.15, 0.2) is 42.5 Å². The lowest BCUT2D eigenvalue weighted by molar-refractivity contribution is 0.215. The fourth-order valence-corrected chi connectivity index (χ4v) is 2.39. The molecule has 0 unspecified atom stereocenters. The summed E-state index contributed by atoms with van der Waals surface area (Å²) in [6.45, 7) is 6.41. The summed E-state index contributed by atoms with van der Waals surface area (Å²) < 4.78 is 6.99. The van der Waals surface area contributed by atoms with Crippen molar-refractivity contribution >= 4 is 22.8 Å². The van der Waals surface area contributed by atoms with Gasteiger partial charge in [-0.2, -0.15) is 0 Å². The molecule has 124 valence electrons. The second kappa shape index (κ2) is 5.96. The molecule has 1 N–H and O–H groups in total. The van der Waals surface area contributed by atoms with Crippen LogP contribution in [0, 0.1) is 0 Å². The summed E-state index contributed by atoms with van der Waals surface area (Å²) in [6.07, 6.45) is -0.540. The average molecular weight is 324 g/mol. The number of benzene rings is 2. The van der Waals surface area contributed by atoms with Crippen LogP contribution in [-0.4, -0.2) is 21.1 Å². The van der Waals surface area contributed by atoms with Crippen LogP contribution < -0.4 is 10.1 Å². The summed E-state index contributed by atoms with van der Waals surface area (Å²) in [4.78, 5) is 12.0. The zero-order valence-corrected chi connectivity index (χ0v) is 14.2. The summed E-state index contributed by atoms with van der Waals surface area (Å²) in [5.74, 6) is 0.501. The van der Waals surface area contributed by atoms with Gasteiger partial charge < -0.3 is 4.74 Å². The van der Waals surface area contributed by atoms with Crippen LogP contribution in [0.3, 0.4) is 0 Å². The number of nitrogens with zero attached hydrogens (tertiary/aromatic N) is 3. The lowest BCUT2D eigenvalue weighted by atomic mass is 9.87. The number of hydrogen-bond donors (Lipinski definition) is 1. The van der Waals surface area contributed by atoms with Gasteiger partial charge in [0.2, 0.25) is 0 Å². The zero-order valence-electron chi connectivity index (χ0n) is 14.2. The molecular weight excluding hydrogens is 304 g/mol. The Labute approximate surface area is 140 Å². The van der Waals surface area contributed by atoms with Crippen molar-refractivity contribution in [1.82, 2.24) is 15.0 Å². The van der Waals surface area contributed by atoms with Crippen LogP contribution in [0.5, 0.6) is 5.75 Å². The van der Waals surface area contributed by atoms with Gasteiger partial charge in [-0.3, -0.25) is 5.32 Å². The Kier molecular flexibility index (Phi) is 3.97. The summed E-state index contributed by atoms with van der Waals surface area (Å²) in [7, 11) is 1.82. The number of aromatic nitrogens is 3. The molecule has 6 nitrogen and oxygen atoms in total. The Morgan fingerprint density at radius 3 is 2.50 bits per heavy atom. The van der Waals surface area contributed by atoms with Crippen LogP contribution in [0.4, 0.5) is 10.5 Å². The predicted molar refractivity (Wildman–Crippen MR) is 93.3 cm³/mol. The number of carbonyl (C=O) groups is 1. The molecule has 6 heteroatoms. The SMILES string of the molecule is Cn1nnc2cc(NC(=O)Oc3ccc(C(C)(C)C)cc3)ccc21. The highest BCUT2D eigenvalue weighted by atomic mass is 16.6.